The van der Waals surface area contributed by atoms with Crippen LogP contribution >= 0.6 is 0 Å². The zero-order valence-electron chi connectivity index (χ0n) is 10.5. The Hall–Kier alpha value is -0.660. The summed E-state index contributed by atoms with van der Waals surface area (Å²) >= 11 is 0. The van der Waals surface area contributed by atoms with E-state index in [4.69, 9.17) is 4.74 Å². The zero-order valence-corrected chi connectivity index (χ0v) is 10.5. The van der Waals surface area contributed by atoms with Crippen molar-refractivity contribution in [2.45, 2.75) is 52.6 Å². The van der Waals surface area contributed by atoms with Crippen molar-refractivity contribution in [3.8, 4) is 0 Å². The van der Waals surface area contributed by atoms with Crippen LogP contribution in [0.15, 0.2) is 12.5 Å². The minimum absolute atomic E-state index is 0.242. The number of hydrogen-bond donors (Lipinski definition) is 0. The fourth-order valence-electron chi connectivity index (χ4n) is 2.23. The summed E-state index contributed by atoms with van der Waals surface area (Å²) in [6.45, 7) is 12.6. The number of piperidine rings is 1. The van der Waals surface area contributed by atoms with Crippen LogP contribution < -0.4 is 0 Å². The predicted molar refractivity (Wildman–Crippen MR) is 64.6 cm³/mol. The van der Waals surface area contributed by atoms with Crippen LogP contribution in [0.3, 0.4) is 0 Å². The Bertz CT molecular complexity index is 193. The molecular weight excluding hydrogens is 186 g/mol. The van der Waals surface area contributed by atoms with Gasteiger partial charge in [0.25, 0.3) is 0 Å². The van der Waals surface area contributed by atoms with E-state index in [1.54, 1.807) is 0 Å². The van der Waals surface area contributed by atoms with E-state index in [0.29, 0.717) is 0 Å². The summed E-state index contributed by atoms with van der Waals surface area (Å²) in [5.74, 6) is 1.79. The van der Waals surface area contributed by atoms with Gasteiger partial charge in [-0.05, 0) is 39.2 Å². The SMILES string of the molecule is C=C(OC(C)C)N1CCC(CCC)CC1. The van der Waals surface area contributed by atoms with Crippen molar-refractivity contribution in [2.75, 3.05) is 13.1 Å². The van der Waals surface area contributed by atoms with Crippen molar-refractivity contribution >= 4 is 0 Å². The Morgan fingerprint density at radius 1 is 1.40 bits per heavy atom. The molecule has 0 aromatic heterocycles. The van der Waals surface area contributed by atoms with E-state index in [1.165, 1.54) is 25.7 Å². The standard InChI is InChI=1S/C13H25NO/c1-5-6-13-7-9-14(10-8-13)12(4)15-11(2)3/h11,13H,4-10H2,1-3H3. The molecule has 15 heavy (non-hydrogen) atoms. The summed E-state index contributed by atoms with van der Waals surface area (Å²) in [6, 6.07) is 0. The molecule has 1 saturated heterocycles. The summed E-state index contributed by atoms with van der Waals surface area (Å²) < 4.78 is 5.62. The molecule has 1 rings (SSSR count). The van der Waals surface area contributed by atoms with Crippen LogP contribution in [0, 0.1) is 5.92 Å². The Kier molecular flexibility index (Phi) is 5.00. The molecule has 0 bridgehead atoms. The minimum atomic E-state index is 0.242. The van der Waals surface area contributed by atoms with Crippen molar-refractivity contribution in [3.63, 3.8) is 0 Å². The molecule has 0 N–H and O–H groups in total. The van der Waals surface area contributed by atoms with Crippen LogP contribution in [0.4, 0.5) is 0 Å². The fourth-order valence-corrected chi connectivity index (χ4v) is 2.23. The lowest BCUT2D eigenvalue weighted by Gasteiger charge is -2.34. The average Bonchev–Trinajstić information content (AvgIpc) is 2.18. The van der Waals surface area contributed by atoms with Gasteiger partial charge in [-0.1, -0.05) is 19.8 Å². The Balaban J connectivity index is 2.27. The second kappa shape index (κ2) is 6.04. The molecule has 0 unspecified atom stereocenters. The second-order valence-electron chi connectivity index (χ2n) is 4.78. The van der Waals surface area contributed by atoms with E-state index < -0.39 is 0 Å². The molecular formula is C13H25NO. The van der Waals surface area contributed by atoms with Crippen LogP contribution in [-0.2, 0) is 4.74 Å². The molecule has 88 valence electrons. The quantitative estimate of drug-likeness (QED) is 0.646. The van der Waals surface area contributed by atoms with Gasteiger partial charge in [-0.15, -0.1) is 0 Å². The van der Waals surface area contributed by atoms with Crippen molar-refractivity contribution in [1.29, 1.82) is 0 Å². The Morgan fingerprint density at radius 2 is 2.00 bits per heavy atom. The summed E-state index contributed by atoms with van der Waals surface area (Å²) in [6.07, 6.45) is 5.54. The highest BCUT2D eigenvalue weighted by Crippen LogP contribution is 2.24. The Morgan fingerprint density at radius 3 is 2.47 bits per heavy atom. The number of ether oxygens (including phenoxy) is 1. The maximum Gasteiger partial charge on any atom is 0.182 e. The largest absolute Gasteiger partial charge is 0.477 e. The lowest BCUT2D eigenvalue weighted by atomic mass is 9.93. The third kappa shape index (κ3) is 4.15. The first kappa shape index (κ1) is 12.4. The fraction of sp³-hybridized carbons (Fsp3) is 0.846. The summed E-state index contributed by atoms with van der Waals surface area (Å²) in [4.78, 5) is 2.28. The first-order valence-electron chi connectivity index (χ1n) is 6.24. The molecule has 2 nitrogen and oxygen atoms in total. The smallest absolute Gasteiger partial charge is 0.182 e. The molecule has 1 aliphatic rings. The van der Waals surface area contributed by atoms with E-state index in [2.05, 4.69) is 32.3 Å². The van der Waals surface area contributed by atoms with Gasteiger partial charge in [0.2, 0.25) is 0 Å². The van der Waals surface area contributed by atoms with E-state index in [9.17, 15) is 0 Å². The molecule has 0 aromatic rings. The highest BCUT2D eigenvalue weighted by atomic mass is 16.5. The molecule has 0 radical (unpaired) electrons. The van der Waals surface area contributed by atoms with Crippen LogP contribution in [-0.4, -0.2) is 24.1 Å². The first-order chi connectivity index (χ1) is 7.13. The van der Waals surface area contributed by atoms with Gasteiger partial charge < -0.3 is 9.64 Å². The predicted octanol–water partition coefficient (Wildman–Crippen LogP) is 3.39. The molecule has 0 amide bonds. The van der Waals surface area contributed by atoms with Crippen LogP contribution in [0.5, 0.6) is 0 Å². The molecule has 0 saturated carbocycles. The van der Waals surface area contributed by atoms with Crippen LogP contribution in [0.1, 0.15) is 46.5 Å². The van der Waals surface area contributed by atoms with E-state index >= 15 is 0 Å². The van der Waals surface area contributed by atoms with Crippen molar-refractivity contribution in [2.24, 2.45) is 5.92 Å². The van der Waals surface area contributed by atoms with Gasteiger partial charge in [-0.3, -0.25) is 0 Å². The van der Waals surface area contributed by atoms with Gasteiger partial charge in [0.05, 0.1) is 6.10 Å². The highest BCUT2D eigenvalue weighted by Gasteiger charge is 2.20. The number of nitrogens with zero attached hydrogens (tertiary/aromatic N) is 1. The van der Waals surface area contributed by atoms with Gasteiger partial charge in [0.15, 0.2) is 5.88 Å². The summed E-state index contributed by atoms with van der Waals surface area (Å²) in [7, 11) is 0. The molecule has 1 fully saturated rings. The number of likely N-dealkylation sites (tertiary alicyclic amines) is 1. The monoisotopic (exact) mass is 211 g/mol. The van der Waals surface area contributed by atoms with E-state index in [1.807, 2.05) is 0 Å². The normalized spacial score (nSPS) is 18.3. The lowest BCUT2D eigenvalue weighted by molar-refractivity contribution is 0.0544. The zero-order chi connectivity index (χ0) is 11.3. The topological polar surface area (TPSA) is 12.5 Å². The lowest BCUT2D eigenvalue weighted by Crippen LogP contribution is -2.34. The highest BCUT2D eigenvalue weighted by molar-refractivity contribution is 4.87. The third-order valence-electron chi connectivity index (χ3n) is 3.04. The maximum absolute atomic E-state index is 5.62. The van der Waals surface area contributed by atoms with Gasteiger partial charge in [-0.2, -0.15) is 0 Å². The summed E-state index contributed by atoms with van der Waals surface area (Å²) in [5.41, 5.74) is 0. The molecule has 1 heterocycles. The van der Waals surface area contributed by atoms with Gasteiger partial charge in [-0.25, -0.2) is 0 Å². The molecule has 2 heteroatoms. The van der Waals surface area contributed by atoms with E-state index in [-0.39, 0.29) is 6.10 Å². The van der Waals surface area contributed by atoms with Gasteiger partial charge >= 0.3 is 0 Å². The number of rotatable bonds is 5. The van der Waals surface area contributed by atoms with Crippen LogP contribution in [0.2, 0.25) is 0 Å². The van der Waals surface area contributed by atoms with Crippen molar-refractivity contribution in [1.82, 2.24) is 4.90 Å². The molecule has 0 aliphatic carbocycles. The van der Waals surface area contributed by atoms with E-state index in [0.717, 1.165) is 24.9 Å². The molecule has 1 aliphatic heterocycles. The van der Waals surface area contributed by atoms with Crippen molar-refractivity contribution in [3.05, 3.63) is 12.5 Å². The third-order valence-corrected chi connectivity index (χ3v) is 3.04. The number of hydrogen-bond acceptors (Lipinski definition) is 2. The van der Waals surface area contributed by atoms with Gasteiger partial charge in [0, 0.05) is 13.1 Å². The molecule has 0 aromatic carbocycles. The Labute approximate surface area is 94.3 Å². The maximum atomic E-state index is 5.62. The van der Waals surface area contributed by atoms with Crippen LogP contribution in [0.25, 0.3) is 0 Å². The molecule has 0 atom stereocenters. The molecule has 0 spiro atoms. The second-order valence-corrected chi connectivity index (χ2v) is 4.78. The van der Waals surface area contributed by atoms with Crippen molar-refractivity contribution < 1.29 is 4.74 Å². The summed E-state index contributed by atoms with van der Waals surface area (Å²) in [5, 5.41) is 0. The minimum Gasteiger partial charge on any atom is -0.477 e. The average molecular weight is 211 g/mol. The van der Waals surface area contributed by atoms with Gasteiger partial charge in [0.1, 0.15) is 0 Å². The first-order valence-corrected chi connectivity index (χ1v) is 6.24.